The second kappa shape index (κ2) is 7.56. The molecule has 4 nitrogen and oxygen atoms in total. The predicted octanol–water partition coefficient (Wildman–Crippen LogP) is 2.20. The highest BCUT2D eigenvalue weighted by atomic mass is 16.5. The number of carbonyl (C=O) groups is 2. The molecule has 0 spiro atoms. The molecule has 0 saturated heterocycles. The normalized spacial score (nSPS) is 11.7. The molecule has 0 bridgehead atoms. The summed E-state index contributed by atoms with van der Waals surface area (Å²) in [6.07, 6.45) is 0.234. The van der Waals surface area contributed by atoms with E-state index in [9.17, 15) is 9.59 Å². The topological polar surface area (TPSA) is 46.6 Å². The average Bonchev–Trinajstić information content (AvgIpc) is 2.47. The summed E-state index contributed by atoms with van der Waals surface area (Å²) in [5, 5.41) is 0. The maximum atomic E-state index is 12.3. The van der Waals surface area contributed by atoms with Crippen LogP contribution in [-0.2, 0) is 14.3 Å². The van der Waals surface area contributed by atoms with Crippen LogP contribution in [0.1, 0.15) is 31.7 Å². The molecule has 1 unspecified atom stereocenters. The van der Waals surface area contributed by atoms with Gasteiger partial charge in [-0.1, -0.05) is 30.3 Å². The highest BCUT2D eigenvalue weighted by Gasteiger charge is 2.21. The van der Waals surface area contributed by atoms with Crippen LogP contribution < -0.4 is 0 Å². The van der Waals surface area contributed by atoms with Crippen LogP contribution in [0, 0.1) is 0 Å². The Morgan fingerprint density at radius 2 is 1.89 bits per heavy atom. The Balaban J connectivity index is 2.65. The van der Waals surface area contributed by atoms with E-state index in [0.29, 0.717) is 13.1 Å². The average molecular weight is 263 g/mol. The first-order valence-corrected chi connectivity index (χ1v) is 6.50. The second-order valence-electron chi connectivity index (χ2n) is 4.38. The van der Waals surface area contributed by atoms with E-state index in [0.717, 1.165) is 5.56 Å². The van der Waals surface area contributed by atoms with Crippen LogP contribution in [0.3, 0.4) is 0 Å². The quantitative estimate of drug-likeness (QED) is 0.739. The van der Waals surface area contributed by atoms with E-state index in [1.807, 2.05) is 44.2 Å². The van der Waals surface area contributed by atoms with Gasteiger partial charge in [-0.2, -0.15) is 0 Å². The van der Waals surface area contributed by atoms with Gasteiger partial charge in [0, 0.05) is 13.1 Å². The minimum atomic E-state index is -0.293. The number of benzene rings is 1. The summed E-state index contributed by atoms with van der Waals surface area (Å²) in [6.45, 7) is 4.79. The molecule has 0 heterocycles. The third kappa shape index (κ3) is 4.39. The minimum absolute atomic E-state index is 0.0394. The lowest BCUT2D eigenvalue weighted by molar-refractivity contribution is -0.141. The highest BCUT2D eigenvalue weighted by Crippen LogP contribution is 2.17. The summed E-state index contributed by atoms with van der Waals surface area (Å²) >= 11 is 0. The fourth-order valence-electron chi connectivity index (χ4n) is 1.91. The summed E-state index contributed by atoms with van der Waals surface area (Å²) in [5.74, 6) is -0.449. The first kappa shape index (κ1) is 15.2. The van der Waals surface area contributed by atoms with Gasteiger partial charge in [0.15, 0.2) is 0 Å². The molecule has 1 atom stereocenters. The Morgan fingerprint density at radius 1 is 1.26 bits per heavy atom. The maximum Gasteiger partial charge on any atom is 0.307 e. The van der Waals surface area contributed by atoms with Crippen molar-refractivity contribution in [3.8, 4) is 0 Å². The van der Waals surface area contributed by atoms with Crippen LogP contribution in [0.2, 0.25) is 0 Å². The van der Waals surface area contributed by atoms with Crippen molar-refractivity contribution in [2.75, 3.05) is 20.2 Å². The van der Waals surface area contributed by atoms with Gasteiger partial charge in [0.25, 0.3) is 0 Å². The lowest BCUT2D eigenvalue weighted by Crippen LogP contribution is -2.35. The predicted molar refractivity (Wildman–Crippen MR) is 73.7 cm³/mol. The largest absolute Gasteiger partial charge is 0.469 e. The molecule has 104 valence electrons. The molecule has 1 amide bonds. The van der Waals surface area contributed by atoms with Crippen LogP contribution in [0.25, 0.3) is 0 Å². The van der Waals surface area contributed by atoms with E-state index in [1.54, 1.807) is 4.90 Å². The third-order valence-corrected chi connectivity index (χ3v) is 3.18. The smallest absolute Gasteiger partial charge is 0.307 e. The van der Waals surface area contributed by atoms with Crippen LogP contribution in [0.5, 0.6) is 0 Å². The zero-order valence-electron chi connectivity index (χ0n) is 11.8. The summed E-state index contributed by atoms with van der Waals surface area (Å²) in [4.78, 5) is 25.2. The number of amides is 1. The van der Waals surface area contributed by atoms with E-state index in [1.165, 1.54) is 7.11 Å². The van der Waals surface area contributed by atoms with Crippen molar-refractivity contribution < 1.29 is 14.3 Å². The number of ether oxygens (including phenoxy) is 1. The van der Waals surface area contributed by atoms with Crippen molar-refractivity contribution in [2.24, 2.45) is 0 Å². The van der Waals surface area contributed by atoms with Crippen LogP contribution in [-0.4, -0.2) is 37.0 Å². The Morgan fingerprint density at radius 3 is 2.42 bits per heavy atom. The molecule has 0 aromatic heterocycles. The molecule has 4 heteroatoms. The van der Waals surface area contributed by atoms with Gasteiger partial charge in [-0.05, 0) is 19.4 Å². The number of carbonyl (C=O) groups excluding carboxylic acids is 2. The number of esters is 1. The number of methoxy groups -OCH3 is 1. The standard InChI is InChI=1S/C15H21NO3/c1-4-16(11-10-14(17)19-3)15(18)12(2)13-8-6-5-7-9-13/h5-9,12H,4,10-11H2,1-3H3. The number of nitrogens with zero attached hydrogens (tertiary/aromatic N) is 1. The van der Waals surface area contributed by atoms with Gasteiger partial charge < -0.3 is 9.64 Å². The van der Waals surface area contributed by atoms with E-state index in [4.69, 9.17) is 0 Å². The molecule has 0 fully saturated rings. The van der Waals surface area contributed by atoms with Crippen LogP contribution in [0.4, 0.5) is 0 Å². The lowest BCUT2D eigenvalue weighted by Gasteiger charge is -2.24. The first-order chi connectivity index (χ1) is 9.10. The Bertz CT molecular complexity index is 417. The molecule has 19 heavy (non-hydrogen) atoms. The molecule has 0 aliphatic carbocycles. The number of hydrogen-bond donors (Lipinski definition) is 0. The molecule has 1 aromatic carbocycles. The molecule has 1 aromatic rings. The fourth-order valence-corrected chi connectivity index (χ4v) is 1.91. The van der Waals surface area contributed by atoms with Gasteiger partial charge in [0.2, 0.25) is 5.91 Å². The zero-order chi connectivity index (χ0) is 14.3. The summed E-state index contributed by atoms with van der Waals surface area (Å²) in [6, 6.07) is 9.65. The monoisotopic (exact) mass is 263 g/mol. The highest BCUT2D eigenvalue weighted by molar-refractivity contribution is 5.83. The molecule has 0 saturated carbocycles. The van der Waals surface area contributed by atoms with Gasteiger partial charge in [-0.15, -0.1) is 0 Å². The van der Waals surface area contributed by atoms with E-state index in [2.05, 4.69) is 4.74 Å². The Labute approximate surface area is 114 Å². The van der Waals surface area contributed by atoms with Crippen molar-refractivity contribution in [2.45, 2.75) is 26.2 Å². The van der Waals surface area contributed by atoms with Gasteiger partial charge in [-0.3, -0.25) is 9.59 Å². The zero-order valence-corrected chi connectivity index (χ0v) is 11.8. The molecule has 0 N–H and O–H groups in total. The van der Waals surface area contributed by atoms with E-state index >= 15 is 0 Å². The van der Waals surface area contributed by atoms with Crippen molar-refractivity contribution in [1.29, 1.82) is 0 Å². The second-order valence-corrected chi connectivity index (χ2v) is 4.38. The van der Waals surface area contributed by atoms with Crippen LogP contribution in [0.15, 0.2) is 30.3 Å². The molecular weight excluding hydrogens is 242 g/mol. The molecule has 0 aliphatic heterocycles. The summed E-state index contributed by atoms with van der Waals surface area (Å²) in [7, 11) is 1.35. The maximum absolute atomic E-state index is 12.3. The van der Waals surface area contributed by atoms with Crippen molar-refractivity contribution in [1.82, 2.24) is 4.90 Å². The van der Waals surface area contributed by atoms with Gasteiger partial charge in [0.05, 0.1) is 19.4 Å². The van der Waals surface area contributed by atoms with E-state index in [-0.39, 0.29) is 24.2 Å². The van der Waals surface area contributed by atoms with Gasteiger partial charge >= 0.3 is 5.97 Å². The van der Waals surface area contributed by atoms with Crippen molar-refractivity contribution in [3.05, 3.63) is 35.9 Å². The van der Waals surface area contributed by atoms with E-state index < -0.39 is 0 Å². The number of hydrogen-bond acceptors (Lipinski definition) is 3. The molecule has 1 rings (SSSR count). The summed E-state index contributed by atoms with van der Waals surface area (Å²) < 4.78 is 4.59. The Kier molecular flexibility index (Phi) is 6.06. The SMILES string of the molecule is CCN(CCC(=O)OC)C(=O)C(C)c1ccccc1. The first-order valence-electron chi connectivity index (χ1n) is 6.50. The van der Waals surface area contributed by atoms with Gasteiger partial charge in [-0.25, -0.2) is 0 Å². The van der Waals surface area contributed by atoms with Crippen molar-refractivity contribution >= 4 is 11.9 Å². The van der Waals surface area contributed by atoms with Gasteiger partial charge in [0.1, 0.15) is 0 Å². The molecular formula is C15H21NO3. The minimum Gasteiger partial charge on any atom is -0.469 e. The lowest BCUT2D eigenvalue weighted by atomic mass is 10.00. The summed E-state index contributed by atoms with van der Waals surface area (Å²) in [5.41, 5.74) is 0.990. The number of likely N-dealkylation sites (N-methyl/N-ethyl adjacent to an activating group) is 1. The third-order valence-electron chi connectivity index (χ3n) is 3.18. The van der Waals surface area contributed by atoms with Crippen molar-refractivity contribution in [3.63, 3.8) is 0 Å². The Hall–Kier alpha value is -1.84. The number of rotatable bonds is 6. The fraction of sp³-hybridized carbons (Fsp3) is 0.467. The molecule has 0 aliphatic rings. The van der Waals surface area contributed by atoms with Crippen LogP contribution >= 0.6 is 0 Å². The molecule has 0 radical (unpaired) electrons.